The van der Waals surface area contributed by atoms with Gasteiger partial charge in [0.05, 0.1) is 13.2 Å². The minimum atomic E-state index is -1.91. The zero-order chi connectivity index (χ0) is 34.8. The average Bonchev–Trinajstić information content (AvgIpc) is 3.08. The Labute approximate surface area is 289 Å². The topological polar surface area (TPSA) is 136 Å². The molecule has 0 bridgehead atoms. The summed E-state index contributed by atoms with van der Waals surface area (Å²) in [6, 6.07) is 0. The number of ether oxygens (including phenoxy) is 1. The van der Waals surface area contributed by atoms with Gasteiger partial charge < -0.3 is 30.5 Å². The highest BCUT2D eigenvalue weighted by Crippen LogP contribution is 2.19. The molecule has 280 valence electrons. The molecule has 0 saturated carbocycles. The first-order valence-electron chi connectivity index (χ1n) is 20.0. The Bertz CT molecular complexity index is 692. The molecule has 0 aromatic carbocycles. The Hall–Kier alpha value is -1.22. The summed E-state index contributed by atoms with van der Waals surface area (Å²) >= 11 is 0. The number of ketones is 1. The van der Waals surface area contributed by atoms with E-state index in [0.29, 0.717) is 0 Å². The molecule has 0 fully saturated rings. The highest BCUT2D eigenvalue weighted by molar-refractivity contribution is 5.88. The second-order valence-electron chi connectivity index (χ2n) is 13.9. The van der Waals surface area contributed by atoms with Crippen molar-refractivity contribution < 1.29 is 34.8 Å². The SMILES string of the molecule is CCCCCCCCCCCCCCCCCCC(CCCCCCCCCCCCC)OC(=O)NCC(=O)[C@@H](O)[C@@H](O)[C@H](O)CO. The van der Waals surface area contributed by atoms with E-state index in [4.69, 9.17) is 9.84 Å². The molecule has 0 rings (SSSR count). The molecule has 0 heterocycles. The molecular weight excluding hydrogens is 594 g/mol. The van der Waals surface area contributed by atoms with Crippen LogP contribution in [0.15, 0.2) is 0 Å². The number of unbranched alkanes of at least 4 members (excludes halogenated alkanes) is 25. The largest absolute Gasteiger partial charge is 0.446 e. The number of rotatable bonds is 36. The fourth-order valence-electron chi connectivity index (χ4n) is 6.18. The van der Waals surface area contributed by atoms with Crippen LogP contribution in [0, 0.1) is 0 Å². The van der Waals surface area contributed by atoms with E-state index >= 15 is 0 Å². The molecule has 0 aliphatic rings. The van der Waals surface area contributed by atoms with Gasteiger partial charge in [0.25, 0.3) is 0 Å². The van der Waals surface area contributed by atoms with Crippen molar-refractivity contribution in [3.63, 3.8) is 0 Å². The number of hydrogen-bond acceptors (Lipinski definition) is 7. The van der Waals surface area contributed by atoms with Crippen molar-refractivity contribution in [3.05, 3.63) is 0 Å². The van der Waals surface area contributed by atoms with Crippen LogP contribution in [0.5, 0.6) is 0 Å². The van der Waals surface area contributed by atoms with Crippen LogP contribution in [0.25, 0.3) is 0 Å². The molecule has 47 heavy (non-hydrogen) atoms. The third-order valence-corrected chi connectivity index (χ3v) is 9.42. The van der Waals surface area contributed by atoms with Crippen molar-refractivity contribution in [1.29, 1.82) is 0 Å². The van der Waals surface area contributed by atoms with Crippen LogP contribution in [0.2, 0.25) is 0 Å². The van der Waals surface area contributed by atoms with Gasteiger partial charge >= 0.3 is 6.09 Å². The van der Waals surface area contributed by atoms with Gasteiger partial charge in [-0.05, 0) is 25.7 Å². The van der Waals surface area contributed by atoms with E-state index in [1.54, 1.807) is 0 Å². The molecule has 0 aromatic rings. The summed E-state index contributed by atoms with van der Waals surface area (Å²) < 4.78 is 5.69. The number of carbonyl (C=O) groups is 2. The number of Topliss-reactive ketones (excluding diaryl/α,β-unsaturated/α-hetero) is 1. The lowest BCUT2D eigenvalue weighted by atomic mass is 10.0. The molecule has 0 aliphatic heterocycles. The van der Waals surface area contributed by atoms with Crippen LogP contribution in [0.3, 0.4) is 0 Å². The normalized spacial score (nSPS) is 14.1. The van der Waals surface area contributed by atoms with Crippen molar-refractivity contribution in [1.82, 2.24) is 5.32 Å². The zero-order valence-electron chi connectivity index (χ0n) is 30.7. The van der Waals surface area contributed by atoms with E-state index in [1.807, 2.05) is 0 Å². The Balaban J connectivity index is 4.27. The highest BCUT2D eigenvalue weighted by Gasteiger charge is 2.30. The summed E-state index contributed by atoms with van der Waals surface area (Å²) in [7, 11) is 0. The van der Waals surface area contributed by atoms with E-state index in [1.165, 1.54) is 148 Å². The van der Waals surface area contributed by atoms with Crippen LogP contribution < -0.4 is 5.32 Å². The van der Waals surface area contributed by atoms with Crippen LogP contribution in [0.1, 0.15) is 200 Å². The highest BCUT2D eigenvalue weighted by atomic mass is 16.6. The fraction of sp³-hybridized carbons (Fsp3) is 0.949. The zero-order valence-corrected chi connectivity index (χ0v) is 30.7. The molecular formula is C39H77NO7. The maximum Gasteiger partial charge on any atom is 0.407 e. The van der Waals surface area contributed by atoms with Crippen molar-refractivity contribution in [2.24, 2.45) is 0 Å². The summed E-state index contributed by atoms with van der Waals surface area (Å²) in [5, 5.41) is 40.4. The van der Waals surface area contributed by atoms with E-state index in [2.05, 4.69) is 19.2 Å². The Kier molecular flexibility index (Phi) is 33.7. The van der Waals surface area contributed by atoms with Crippen molar-refractivity contribution >= 4 is 11.9 Å². The van der Waals surface area contributed by atoms with Gasteiger partial charge in [-0.1, -0.05) is 174 Å². The standard InChI is InChI=1S/C39H77NO7/c1-3-5-7-9-11-13-15-16-17-18-19-21-23-25-27-29-31-34(30-28-26-24-22-20-14-12-10-8-6-4-2)47-39(46)40-32-35(42)37(44)38(45)36(43)33-41/h34,36-38,41,43-45H,3-33H2,1-2H3,(H,40,46)/t34?,36-,37-,38+/m1/s1. The summed E-state index contributed by atoms with van der Waals surface area (Å²) in [5.74, 6) is -0.860. The van der Waals surface area contributed by atoms with E-state index < -0.39 is 43.3 Å². The minimum absolute atomic E-state index is 0.220. The molecule has 0 saturated heterocycles. The molecule has 4 atom stereocenters. The van der Waals surface area contributed by atoms with Crippen LogP contribution >= 0.6 is 0 Å². The first-order chi connectivity index (χ1) is 22.9. The van der Waals surface area contributed by atoms with Gasteiger partial charge in [-0.25, -0.2) is 4.79 Å². The van der Waals surface area contributed by atoms with E-state index in [-0.39, 0.29) is 6.10 Å². The molecule has 0 radical (unpaired) electrons. The Morgan fingerprint density at radius 2 is 0.851 bits per heavy atom. The van der Waals surface area contributed by atoms with Gasteiger partial charge in [0.1, 0.15) is 24.4 Å². The lowest BCUT2D eigenvalue weighted by molar-refractivity contribution is -0.139. The van der Waals surface area contributed by atoms with Crippen LogP contribution in [0.4, 0.5) is 4.79 Å². The van der Waals surface area contributed by atoms with Gasteiger partial charge in [0.2, 0.25) is 0 Å². The lowest BCUT2D eigenvalue weighted by Gasteiger charge is -2.21. The molecule has 0 aromatic heterocycles. The molecule has 1 amide bonds. The number of alkyl carbamates (subject to hydrolysis) is 1. The Morgan fingerprint density at radius 3 is 1.17 bits per heavy atom. The van der Waals surface area contributed by atoms with Crippen molar-refractivity contribution in [3.8, 4) is 0 Å². The molecule has 1 unspecified atom stereocenters. The third-order valence-electron chi connectivity index (χ3n) is 9.42. The minimum Gasteiger partial charge on any atom is -0.446 e. The molecule has 8 nitrogen and oxygen atoms in total. The first-order valence-corrected chi connectivity index (χ1v) is 20.0. The molecule has 8 heteroatoms. The number of aliphatic hydroxyl groups excluding tert-OH is 4. The maximum atomic E-state index is 12.5. The lowest BCUT2D eigenvalue weighted by Crippen LogP contribution is -2.47. The number of nitrogens with one attached hydrogen (secondary N) is 1. The molecule has 0 aliphatic carbocycles. The second-order valence-corrected chi connectivity index (χ2v) is 13.9. The quantitative estimate of drug-likeness (QED) is 0.0419. The predicted octanol–water partition coefficient (Wildman–Crippen LogP) is 9.08. The van der Waals surface area contributed by atoms with Gasteiger partial charge in [0.15, 0.2) is 5.78 Å². The maximum absolute atomic E-state index is 12.5. The molecule has 5 N–H and O–H groups in total. The van der Waals surface area contributed by atoms with Crippen LogP contribution in [-0.2, 0) is 9.53 Å². The fourth-order valence-corrected chi connectivity index (χ4v) is 6.18. The smallest absolute Gasteiger partial charge is 0.407 e. The van der Waals surface area contributed by atoms with Gasteiger partial charge in [0, 0.05) is 0 Å². The monoisotopic (exact) mass is 672 g/mol. The van der Waals surface area contributed by atoms with Gasteiger partial charge in [-0.15, -0.1) is 0 Å². The van der Waals surface area contributed by atoms with Gasteiger partial charge in [-0.3, -0.25) is 4.79 Å². The third kappa shape index (κ3) is 29.4. The summed E-state index contributed by atoms with van der Waals surface area (Å²) in [6.07, 6.45) is 30.1. The first kappa shape index (κ1) is 45.8. The summed E-state index contributed by atoms with van der Waals surface area (Å²) in [5.41, 5.74) is 0. The summed E-state index contributed by atoms with van der Waals surface area (Å²) in [4.78, 5) is 24.6. The number of hydrogen-bond donors (Lipinski definition) is 5. The van der Waals surface area contributed by atoms with Gasteiger partial charge in [-0.2, -0.15) is 0 Å². The van der Waals surface area contributed by atoms with Crippen molar-refractivity contribution in [2.45, 2.75) is 224 Å². The summed E-state index contributed by atoms with van der Waals surface area (Å²) in [6.45, 7) is 3.20. The number of amides is 1. The van der Waals surface area contributed by atoms with Crippen molar-refractivity contribution in [2.75, 3.05) is 13.2 Å². The Morgan fingerprint density at radius 1 is 0.532 bits per heavy atom. The molecule has 0 spiro atoms. The van der Waals surface area contributed by atoms with Crippen LogP contribution in [-0.4, -0.2) is 69.9 Å². The average molecular weight is 672 g/mol. The number of aliphatic hydroxyl groups is 4. The second kappa shape index (κ2) is 34.6. The van der Waals surface area contributed by atoms with E-state index in [9.17, 15) is 24.9 Å². The van der Waals surface area contributed by atoms with E-state index in [0.717, 1.165) is 38.5 Å². The predicted molar refractivity (Wildman–Crippen MR) is 194 cm³/mol. The number of carbonyl (C=O) groups excluding carboxylic acids is 2.